The van der Waals surface area contributed by atoms with Crippen LogP contribution in [0.15, 0.2) is 30.3 Å². The van der Waals surface area contributed by atoms with E-state index in [9.17, 15) is 23.8 Å². The number of nitrogens with one attached hydrogen (secondary N) is 1. The van der Waals surface area contributed by atoms with Gasteiger partial charge in [-0.25, -0.2) is 0 Å². The van der Waals surface area contributed by atoms with E-state index in [4.69, 9.17) is 15.2 Å². The molecule has 0 bridgehead atoms. The Bertz CT molecular complexity index is 1090. The number of benzene rings is 1. The van der Waals surface area contributed by atoms with Crippen molar-refractivity contribution in [2.75, 3.05) is 27.8 Å². The Balaban J connectivity index is 2.20. The van der Waals surface area contributed by atoms with Gasteiger partial charge in [-0.3, -0.25) is 14.4 Å². The minimum absolute atomic E-state index is 0.0349. The molecule has 0 spiro atoms. The summed E-state index contributed by atoms with van der Waals surface area (Å²) in [6.07, 6.45) is 1.25. The highest BCUT2D eigenvalue weighted by Gasteiger charge is 2.43. The molecule has 1 heterocycles. The van der Waals surface area contributed by atoms with Gasteiger partial charge in [0.1, 0.15) is 0 Å². The number of nitrogens with zero attached hydrogens (tertiary/aromatic N) is 2. The summed E-state index contributed by atoms with van der Waals surface area (Å²) in [6, 6.07) is 7.82. The molecule has 44 heavy (non-hydrogen) atoms. The van der Waals surface area contributed by atoms with E-state index < -0.39 is 43.9 Å². The number of likely N-dealkylation sites (N-methyl/N-ethyl adjacent to an activating group) is 1. The summed E-state index contributed by atoms with van der Waals surface area (Å²) in [5.41, 5.74) is 7.04. The maximum absolute atomic E-state index is 13.8. The lowest BCUT2D eigenvalue weighted by molar-refractivity contribution is -0.146. The van der Waals surface area contributed by atoms with E-state index in [1.807, 2.05) is 58.0 Å². The van der Waals surface area contributed by atoms with Crippen LogP contribution in [0.25, 0.3) is 0 Å². The maximum Gasteiger partial charge on any atom is 0.531 e. The van der Waals surface area contributed by atoms with Gasteiger partial charge in [0.15, 0.2) is 0 Å². The third-order valence-electron chi connectivity index (χ3n) is 9.11. The molecule has 1 aromatic carbocycles. The van der Waals surface area contributed by atoms with Gasteiger partial charge < -0.3 is 30.3 Å². The van der Waals surface area contributed by atoms with Gasteiger partial charge in [-0.15, -0.1) is 0 Å². The van der Waals surface area contributed by atoms with Crippen LogP contribution in [0.5, 0.6) is 0 Å². The lowest BCUT2D eigenvalue weighted by atomic mass is 9.89. The van der Waals surface area contributed by atoms with Crippen LogP contribution in [-0.2, 0) is 34.8 Å². The smallest absolute Gasteiger partial charge is 0.379 e. The van der Waals surface area contributed by atoms with Crippen molar-refractivity contribution in [3.8, 4) is 0 Å². The number of nitrogens with two attached hydrogens (primary N) is 1. The number of hydrogen-bond acceptors (Lipinski definition) is 7. The predicted octanol–water partition coefficient (Wildman–Crippen LogP) is 3.31. The van der Waals surface area contributed by atoms with Gasteiger partial charge in [0.05, 0.1) is 42.7 Å². The molecule has 1 aromatic rings. The quantitative estimate of drug-likeness (QED) is 0.220. The van der Waals surface area contributed by atoms with Crippen molar-refractivity contribution >= 4 is 25.7 Å². The first kappa shape index (κ1) is 37.8. The third-order valence-corrected chi connectivity index (χ3v) is 9.95. The molecule has 0 radical (unpaired) electrons. The van der Waals surface area contributed by atoms with Crippen LogP contribution in [0.4, 0.5) is 0 Å². The second-order valence-electron chi connectivity index (χ2n) is 12.4. The van der Waals surface area contributed by atoms with Gasteiger partial charge >= 0.3 is 8.03 Å². The molecular weight excluding hydrogens is 583 g/mol. The van der Waals surface area contributed by atoms with Crippen LogP contribution in [0.2, 0.25) is 0 Å². The minimum atomic E-state index is -2.68. The topological polar surface area (TPSA) is 152 Å². The highest BCUT2D eigenvalue weighted by molar-refractivity contribution is 7.38. The fourth-order valence-electron chi connectivity index (χ4n) is 6.14. The summed E-state index contributed by atoms with van der Waals surface area (Å²) in [6.45, 7) is 10.1. The molecule has 3 unspecified atom stereocenters. The van der Waals surface area contributed by atoms with Crippen molar-refractivity contribution in [3.05, 3.63) is 35.9 Å². The Morgan fingerprint density at radius 3 is 2.30 bits per heavy atom. The molecule has 0 aliphatic carbocycles. The van der Waals surface area contributed by atoms with E-state index in [0.717, 1.165) is 18.4 Å². The predicted molar refractivity (Wildman–Crippen MR) is 171 cm³/mol. The Morgan fingerprint density at radius 2 is 1.77 bits per heavy atom. The van der Waals surface area contributed by atoms with E-state index in [1.54, 1.807) is 30.9 Å². The molecule has 1 fully saturated rings. The molecule has 1 saturated heterocycles. The first-order valence-electron chi connectivity index (χ1n) is 15.7. The Labute approximate surface area is 264 Å². The standard InChI is InChI=1S/C32H53N4O7P/c1-9-21(4)29(35(6)32(39)28(33)20(2)3)25(42-7)19-27(37)36-17-13-16-24(36)30(43-8)22(5)31(38)34-26(44(40)41)18-23-14-11-10-12-15-23/h10-12,14-15,20-22,24-26,28-30H,9,13,16-19,33H2,1-8H3,(H-,34,38,40,41)/p+1/t21-,22+,24?,25+,26+,28?,29-,30+/m0/s1. The van der Waals surface area contributed by atoms with Gasteiger partial charge in [-0.1, -0.05) is 71.4 Å². The average molecular weight is 638 g/mol. The van der Waals surface area contributed by atoms with E-state index in [1.165, 1.54) is 7.11 Å². The summed E-state index contributed by atoms with van der Waals surface area (Å²) < 4.78 is 23.8. The van der Waals surface area contributed by atoms with Gasteiger partial charge in [-0.05, 0) is 34.8 Å². The normalized spacial score (nSPS) is 20.3. The van der Waals surface area contributed by atoms with Crippen molar-refractivity contribution in [2.24, 2.45) is 23.5 Å². The van der Waals surface area contributed by atoms with Crippen molar-refractivity contribution in [2.45, 2.75) is 103 Å². The summed E-state index contributed by atoms with van der Waals surface area (Å²) in [5.74, 6) is -2.38. The van der Waals surface area contributed by atoms with Crippen LogP contribution in [-0.4, -0.2) is 96.3 Å². The summed E-state index contributed by atoms with van der Waals surface area (Å²) in [5, 5.41) is 2.74. The van der Waals surface area contributed by atoms with Crippen LogP contribution in [0.1, 0.15) is 65.9 Å². The second-order valence-corrected chi connectivity index (χ2v) is 13.6. The van der Waals surface area contributed by atoms with E-state index in [0.29, 0.717) is 13.0 Å². The molecule has 2 rings (SSSR count). The van der Waals surface area contributed by atoms with Crippen molar-refractivity contribution in [1.29, 1.82) is 0 Å². The molecule has 1 aliphatic heterocycles. The highest BCUT2D eigenvalue weighted by Crippen LogP contribution is 2.30. The van der Waals surface area contributed by atoms with Crippen molar-refractivity contribution in [3.63, 3.8) is 0 Å². The minimum Gasteiger partial charge on any atom is -0.379 e. The van der Waals surface area contributed by atoms with Gasteiger partial charge in [-0.2, -0.15) is 4.89 Å². The molecule has 0 aromatic heterocycles. The molecule has 9 atom stereocenters. The lowest BCUT2D eigenvalue weighted by Crippen LogP contribution is -2.56. The first-order valence-corrected chi connectivity index (χ1v) is 16.9. The summed E-state index contributed by atoms with van der Waals surface area (Å²) >= 11 is 0. The number of hydrogen-bond donors (Lipinski definition) is 3. The lowest BCUT2D eigenvalue weighted by Gasteiger charge is -2.40. The number of ether oxygens (including phenoxy) is 2. The number of likely N-dealkylation sites (tertiary alicyclic amines) is 1. The van der Waals surface area contributed by atoms with Crippen LogP contribution in [0, 0.1) is 17.8 Å². The molecule has 248 valence electrons. The number of methoxy groups -OCH3 is 2. The Hall–Kier alpha value is -2.43. The Morgan fingerprint density at radius 1 is 1.14 bits per heavy atom. The van der Waals surface area contributed by atoms with Crippen LogP contribution < -0.4 is 11.1 Å². The van der Waals surface area contributed by atoms with E-state index in [-0.39, 0.29) is 48.6 Å². The summed E-state index contributed by atoms with van der Waals surface area (Å²) in [7, 11) is 2.11. The van der Waals surface area contributed by atoms with Gasteiger partial charge in [0.2, 0.25) is 17.7 Å². The number of carbonyl (C=O) groups excluding carboxylic acids is 3. The number of carbonyl (C=O) groups is 3. The van der Waals surface area contributed by atoms with E-state index in [2.05, 4.69) is 5.32 Å². The number of amides is 3. The zero-order valence-electron chi connectivity index (χ0n) is 27.6. The van der Waals surface area contributed by atoms with Gasteiger partial charge in [0, 0.05) is 34.2 Å². The average Bonchev–Trinajstić information content (AvgIpc) is 3.49. The SMILES string of the molecule is CC[C@H](C)[C@@H]([C@@H](CC(=O)N1CCCC1[C@H](OC)[C@@H](C)C(=O)N[C@@H](Cc1ccccc1)[P+](=O)O)OC)N(C)C(=O)C(N)C(C)C. The van der Waals surface area contributed by atoms with Crippen LogP contribution in [0.3, 0.4) is 0 Å². The number of rotatable bonds is 17. The third kappa shape index (κ3) is 9.78. The zero-order valence-corrected chi connectivity index (χ0v) is 28.5. The first-order chi connectivity index (χ1) is 20.8. The van der Waals surface area contributed by atoms with Crippen molar-refractivity contribution in [1.82, 2.24) is 15.1 Å². The highest BCUT2D eigenvalue weighted by atomic mass is 31.1. The van der Waals surface area contributed by atoms with Crippen molar-refractivity contribution < 1.29 is 33.3 Å². The Kier molecular flexibility index (Phi) is 15.4. The largest absolute Gasteiger partial charge is 0.531 e. The van der Waals surface area contributed by atoms with Gasteiger partial charge in [0.25, 0.3) is 5.78 Å². The molecular formula is C32H54N4O7P+. The fourth-order valence-corrected chi connectivity index (χ4v) is 6.75. The fraction of sp³-hybridized carbons (Fsp3) is 0.719. The maximum atomic E-state index is 13.8. The molecule has 11 nitrogen and oxygen atoms in total. The monoisotopic (exact) mass is 637 g/mol. The molecule has 1 aliphatic rings. The molecule has 12 heteroatoms. The summed E-state index contributed by atoms with van der Waals surface area (Å²) in [4.78, 5) is 53.7. The van der Waals surface area contributed by atoms with E-state index >= 15 is 0 Å². The van der Waals surface area contributed by atoms with Crippen LogP contribution >= 0.6 is 8.03 Å². The molecule has 4 N–H and O–H groups in total. The molecule has 0 saturated carbocycles. The molecule has 3 amide bonds. The second kappa shape index (κ2) is 17.9. The zero-order chi connectivity index (χ0) is 33.1.